The van der Waals surface area contributed by atoms with E-state index >= 15 is 0 Å². The molecule has 0 aliphatic carbocycles. The molecule has 1 aromatic heterocycles. The van der Waals surface area contributed by atoms with Crippen LogP contribution in [0.3, 0.4) is 0 Å². The third-order valence-corrected chi connectivity index (χ3v) is 3.90. The average Bonchev–Trinajstić information content (AvgIpc) is 2.92. The molecule has 1 heterocycles. The van der Waals surface area contributed by atoms with Crippen LogP contribution < -0.4 is 5.32 Å². The first-order valence-corrected chi connectivity index (χ1v) is 8.02. The third-order valence-electron chi connectivity index (χ3n) is 3.40. The van der Waals surface area contributed by atoms with E-state index in [2.05, 4.69) is 53.3 Å². The van der Waals surface area contributed by atoms with Crippen LogP contribution in [-0.4, -0.2) is 13.7 Å². The van der Waals surface area contributed by atoms with Crippen LogP contribution >= 0.6 is 15.9 Å². The Morgan fingerprint density at radius 2 is 2.10 bits per heavy atom. The van der Waals surface area contributed by atoms with E-state index in [0.717, 1.165) is 29.0 Å². The van der Waals surface area contributed by atoms with Crippen LogP contribution in [0.2, 0.25) is 0 Å². The quantitative estimate of drug-likeness (QED) is 0.792. The molecular formula is C17H22BrNO2. The smallest absolute Gasteiger partial charge is 0.129 e. The molecule has 0 saturated heterocycles. The first-order valence-electron chi connectivity index (χ1n) is 7.22. The van der Waals surface area contributed by atoms with Crippen molar-refractivity contribution in [3.63, 3.8) is 0 Å². The van der Waals surface area contributed by atoms with Crippen molar-refractivity contribution in [3.05, 3.63) is 57.5 Å². The summed E-state index contributed by atoms with van der Waals surface area (Å²) in [6.07, 6.45) is 1.08. The van der Waals surface area contributed by atoms with Crippen LogP contribution in [-0.2, 0) is 11.3 Å². The fourth-order valence-electron chi connectivity index (χ4n) is 2.34. The van der Waals surface area contributed by atoms with E-state index in [0.29, 0.717) is 6.61 Å². The summed E-state index contributed by atoms with van der Waals surface area (Å²) in [4.78, 5) is 0. The summed E-state index contributed by atoms with van der Waals surface area (Å²) in [6.45, 7) is 5.73. The van der Waals surface area contributed by atoms with Crippen molar-refractivity contribution in [2.45, 2.75) is 32.9 Å². The van der Waals surface area contributed by atoms with Crippen LogP contribution in [0.25, 0.3) is 0 Å². The number of aryl methyl sites for hydroxylation is 1. The third kappa shape index (κ3) is 4.19. The van der Waals surface area contributed by atoms with Gasteiger partial charge in [-0.15, -0.1) is 0 Å². The Hall–Kier alpha value is -1.10. The number of ether oxygens (including phenoxy) is 1. The van der Waals surface area contributed by atoms with E-state index in [-0.39, 0.29) is 6.04 Å². The second-order valence-electron chi connectivity index (χ2n) is 5.13. The Labute approximate surface area is 134 Å². The van der Waals surface area contributed by atoms with Crippen LogP contribution in [0.1, 0.15) is 42.0 Å². The predicted molar refractivity (Wildman–Crippen MR) is 88.4 cm³/mol. The molecule has 1 aromatic carbocycles. The standard InChI is InChI=1S/C17H22BrNO2/c1-4-9-19-17(15-10-13(18)6-5-12(15)2)16-8-7-14(21-16)11-20-3/h5-8,10,17,19H,4,9,11H2,1-3H3. The van der Waals surface area contributed by atoms with Crippen molar-refractivity contribution in [1.82, 2.24) is 5.32 Å². The molecule has 0 spiro atoms. The van der Waals surface area contributed by atoms with E-state index in [1.807, 2.05) is 12.1 Å². The highest BCUT2D eigenvalue weighted by Gasteiger charge is 2.19. The Bertz CT molecular complexity index is 580. The maximum absolute atomic E-state index is 5.93. The largest absolute Gasteiger partial charge is 0.462 e. The number of halogens is 1. The van der Waals surface area contributed by atoms with Gasteiger partial charge in [0.15, 0.2) is 0 Å². The molecule has 0 aliphatic rings. The maximum atomic E-state index is 5.93. The van der Waals surface area contributed by atoms with Gasteiger partial charge in [0.1, 0.15) is 18.1 Å². The molecule has 0 fully saturated rings. The number of rotatable bonds is 7. The van der Waals surface area contributed by atoms with Gasteiger partial charge in [0.25, 0.3) is 0 Å². The molecule has 0 radical (unpaired) electrons. The minimum atomic E-state index is 0.0630. The Morgan fingerprint density at radius 3 is 2.81 bits per heavy atom. The first kappa shape index (κ1) is 16.3. The topological polar surface area (TPSA) is 34.4 Å². The number of benzene rings is 1. The van der Waals surface area contributed by atoms with E-state index < -0.39 is 0 Å². The van der Waals surface area contributed by atoms with Crippen LogP contribution in [0.4, 0.5) is 0 Å². The molecule has 1 N–H and O–H groups in total. The molecule has 0 saturated carbocycles. The summed E-state index contributed by atoms with van der Waals surface area (Å²) in [7, 11) is 1.67. The van der Waals surface area contributed by atoms with Crippen LogP contribution in [0, 0.1) is 6.92 Å². The molecule has 2 rings (SSSR count). The lowest BCUT2D eigenvalue weighted by Gasteiger charge is -2.19. The van der Waals surface area contributed by atoms with Crippen molar-refractivity contribution in [3.8, 4) is 0 Å². The van der Waals surface area contributed by atoms with E-state index in [1.165, 1.54) is 11.1 Å². The van der Waals surface area contributed by atoms with Crippen molar-refractivity contribution < 1.29 is 9.15 Å². The predicted octanol–water partition coefficient (Wildman–Crippen LogP) is 4.59. The fourth-order valence-corrected chi connectivity index (χ4v) is 2.72. The van der Waals surface area contributed by atoms with Crippen molar-refractivity contribution in [1.29, 1.82) is 0 Å². The van der Waals surface area contributed by atoms with Crippen molar-refractivity contribution in [2.75, 3.05) is 13.7 Å². The monoisotopic (exact) mass is 351 g/mol. The summed E-state index contributed by atoms with van der Waals surface area (Å²) < 4.78 is 12.1. The molecule has 0 bridgehead atoms. The summed E-state index contributed by atoms with van der Waals surface area (Å²) in [5.41, 5.74) is 2.48. The molecular weight excluding hydrogens is 330 g/mol. The van der Waals surface area contributed by atoms with Gasteiger partial charge in [0.2, 0.25) is 0 Å². The fraction of sp³-hybridized carbons (Fsp3) is 0.412. The molecule has 2 aromatic rings. The van der Waals surface area contributed by atoms with Gasteiger partial charge >= 0.3 is 0 Å². The normalized spacial score (nSPS) is 12.6. The van der Waals surface area contributed by atoms with Gasteiger partial charge in [-0.3, -0.25) is 0 Å². The Balaban J connectivity index is 2.34. The summed E-state index contributed by atoms with van der Waals surface area (Å²) in [6, 6.07) is 10.4. The molecule has 21 heavy (non-hydrogen) atoms. The lowest BCUT2D eigenvalue weighted by Crippen LogP contribution is -2.23. The van der Waals surface area contributed by atoms with E-state index in [4.69, 9.17) is 9.15 Å². The van der Waals surface area contributed by atoms with Crippen molar-refractivity contribution in [2.24, 2.45) is 0 Å². The summed E-state index contributed by atoms with van der Waals surface area (Å²) in [5, 5.41) is 3.57. The highest BCUT2D eigenvalue weighted by atomic mass is 79.9. The van der Waals surface area contributed by atoms with Gasteiger partial charge < -0.3 is 14.5 Å². The van der Waals surface area contributed by atoms with E-state index in [9.17, 15) is 0 Å². The van der Waals surface area contributed by atoms with Gasteiger partial charge in [-0.25, -0.2) is 0 Å². The minimum absolute atomic E-state index is 0.0630. The number of furan rings is 1. The summed E-state index contributed by atoms with van der Waals surface area (Å²) in [5.74, 6) is 1.78. The van der Waals surface area contributed by atoms with Crippen molar-refractivity contribution >= 4 is 15.9 Å². The SMILES string of the molecule is CCCNC(c1ccc(COC)o1)c1cc(Br)ccc1C. The Morgan fingerprint density at radius 1 is 1.29 bits per heavy atom. The first-order chi connectivity index (χ1) is 10.2. The van der Waals surface area contributed by atoms with Gasteiger partial charge in [0, 0.05) is 11.6 Å². The average molecular weight is 352 g/mol. The number of nitrogens with one attached hydrogen (secondary N) is 1. The second-order valence-corrected chi connectivity index (χ2v) is 6.04. The number of methoxy groups -OCH3 is 1. The van der Waals surface area contributed by atoms with Gasteiger partial charge in [-0.2, -0.15) is 0 Å². The van der Waals surface area contributed by atoms with Crippen LogP contribution in [0.15, 0.2) is 39.2 Å². The zero-order valence-electron chi connectivity index (χ0n) is 12.8. The summed E-state index contributed by atoms with van der Waals surface area (Å²) >= 11 is 3.56. The minimum Gasteiger partial charge on any atom is -0.462 e. The number of hydrogen-bond donors (Lipinski definition) is 1. The highest BCUT2D eigenvalue weighted by molar-refractivity contribution is 9.10. The molecule has 1 unspecified atom stereocenters. The molecule has 3 nitrogen and oxygen atoms in total. The van der Waals surface area contributed by atoms with Gasteiger partial charge in [-0.05, 0) is 55.3 Å². The lowest BCUT2D eigenvalue weighted by atomic mass is 9.99. The zero-order valence-corrected chi connectivity index (χ0v) is 14.4. The van der Waals surface area contributed by atoms with Crippen LogP contribution in [0.5, 0.6) is 0 Å². The molecule has 0 aliphatic heterocycles. The molecule has 4 heteroatoms. The maximum Gasteiger partial charge on any atom is 0.129 e. The highest BCUT2D eigenvalue weighted by Crippen LogP contribution is 2.29. The van der Waals surface area contributed by atoms with Gasteiger partial charge in [-0.1, -0.05) is 28.9 Å². The van der Waals surface area contributed by atoms with E-state index in [1.54, 1.807) is 7.11 Å². The second kappa shape index (κ2) is 7.78. The Kier molecular flexibility index (Phi) is 6.03. The van der Waals surface area contributed by atoms with Gasteiger partial charge in [0.05, 0.1) is 6.04 Å². The zero-order chi connectivity index (χ0) is 15.2. The molecule has 1 atom stereocenters. The lowest BCUT2D eigenvalue weighted by molar-refractivity contribution is 0.162. The molecule has 0 amide bonds. The number of hydrogen-bond acceptors (Lipinski definition) is 3. The molecule has 114 valence electrons.